The second-order valence-corrected chi connectivity index (χ2v) is 10.7. The number of hydrogen-bond acceptors (Lipinski definition) is 7. The standard InChI is InChI=1S/C21H27ClFN5O2S/c1-28(15-10-25-11-15)20-5-3-2-4-18(20)27-19-9-17(23)21(8-16(19)22)31(29,30)12-14-6-7-24-13-26-14/h6-9,13,15,18,20,25,27H,2-5,10-12H2,1H3/t18-,20-/m0/s1. The Balaban J connectivity index is 1.54. The van der Waals surface area contributed by atoms with Gasteiger partial charge in [0.25, 0.3) is 0 Å². The maximum absolute atomic E-state index is 14.9. The molecule has 2 atom stereocenters. The van der Waals surface area contributed by atoms with Crippen LogP contribution in [-0.4, -0.2) is 61.5 Å². The molecule has 1 aromatic heterocycles. The van der Waals surface area contributed by atoms with Crippen molar-refractivity contribution in [2.24, 2.45) is 0 Å². The minimum absolute atomic E-state index is 0.125. The van der Waals surface area contributed by atoms with Gasteiger partial charge >= 0.3 is 0 Å². The Kier molecular flexibility index (Phi) is 6.76. The van der Waals surface area contributed by atoms with E-state index in [1.807, 2.05) is 0 Å². The van der Waals surface area contributed by atoms with Gasteiger partial charge in [-0.25, -0.2) is 22.8 Å². The summed E-state index contributed by atoms with van der Waals surface area (Å²) in [5, 5.41) is 6.90. The predicted molar refractivity (Wildman–Crippen MR) is 118 cm³/mol. The van der Waals surface area contributed by atoms with E-state index >= 15 is 0 Å². The second kappa shape index (κ2) is 9.36. The monoisotopic (exact) mass is 467 g/mol. The quantitative estimate of drug-likeness (QED) is 0.647. The number of benzene rings is 1. The van der Waals surface area contributed by atoms with E-state index in [4.69, 9.17) is 11.6 Å². The third kappa shape index (κ3) is 5.00. The van der Waals surface area contributed by atoms with Gasteiger partial charge < -0.3 is 10.6 Å². The SMILES string of the molecule is CN(C1CNC1)[C@H]1CCCC[C@@H]1Nc1cc(F)c(S(=O)(=O)Cc2ccncn2)cc1Cl. The van der Waals surface area contributed by atoms with Gasteiger partial charge in [0.15, 0.2) is 9.84 Å². The summed E-state index contributed by atoms with van der Waals surface area (Å²) < 4.78 is 40.4. The van der Waals surface area contributed by atoms with E-state index in [1.54, 1.807) is 0 Å². The van der Waals surface area contributed by atoms with Crippen LogP contribution in [0.1, 0.15) is 31.4 Å². The van der Waals surface area contributed by atoms with Gasteiger partial charge in [-0.1, -0.05) is 24.4 Å². The van der Waals surface area contributed by atoms with Crippen molar-refractivity contribution in [1.29, 1.82) is 0 Å². The number of nitrogens with zero attached hydrogens (tertiary/aromatic N) is 3. The molecule has 0 radical (unpaired) electrons. The number of likely N-dealkylation sites (N-methyl/N-ethyl adjacent to an activating group) is 1. The minimum atomic E-state index is -3.94. The molecule has 0 amide bonds. The molecular formula is C21H27ClFN5O2S. The van der Waals surface area contributed by atoms with Crippen LogP contribution in [0.5, 0.6) is 0 Å². The summed E-state index contributed by atoms with van der Waals surface area (Å²) in [7, 11) is -1.80. The van der Waals surface area contributed by atoms with Crippen molar-refractivity contribution in [1.82, 2.24) is 20.2 Å². The van der Waals surface area contributed by atoms with Gasteiger partial charge in [0.2, 0.25) is 0 Å². The summed E-state index contributed by atoms with van der Waals surface area (Å²) in [4.78, 5) is 9.67. The first-order valence-corrected chi connectivity index (χ1v) is 12.5. The average molecular weight is 468 g/mol. The number of hydrogen-bond donors (Lipinski definition) is 2. The van der Waals surface area contributed by atoms with Crippen molar-refractivity contribution in [3.05, 3.63) is 47.3 Å². The summed E-state index contributed by atoms with van der Waals surface area (Å²) in [6, 6.07) is 4.85. The molecule has 1 aliphatic heterocycles. The van der Waals surface area contributed by atoms with Gasteiger partial charge in [-0.15, -0.1) is 0 Å². The Morgan fingerprint density at radius 1 is 1.29 bits per heavy atom. The lowest BCUT2D eigenvalue weighted by molar-refractivity contribution is 0.0944. The second-order valence-electron chi connectivity index (χ2n) is 8.30. The summed E-state index contributed by atoms with van der Waals surface area (Å²) >= 11 is 6.42. The lowest BCUT2D eigenvalue weighted by Crippen LogP contribution is -2.61. The first-order chi connectivity index (χ1) is 14.8. The van der Waals surface area contributed by atoms with Crippen LogP contribution in [0.25, 0.3) is 0 Å². The average Bonchev–Trinajstić information content (AvgIpc) is 2.70. The van der Waals surface area contributed by atoms with E-state index in [0.29, 0.717) is 23.5 Å². The zero-order valence-corrected chi connectivity index (χ0v) is 19.0. The highest BCUT2D eigenvalue weighted by Gasteiger charge is 2.34. The first kappa shape index (κ1) is 22.4. The molecule has 1 aliphatic carbocycles. The largest absolute Gasteiger partial charge is 0.379 e. The zero-order valence-electron chi connectivity index (χ0n) is 17.4. The molecule has 2 aliphatic rings. The topological polar surface area (TPSA) is 87.2 Å². The molecular weight excluding hydrogens is 441 g/mol. The Morgan fingerprint density at radius 3 is 2.74 bits per heavy atom. The fraction of sp³-hybridized carbons (Fsp3) is 0.524. The molecule has 10 heteroatoms. The van der Waals surface area contributed by atoms with Crippen LogP contribution >= 0.6 is 11.6 Å². The Bertz CT molecular complexity index is 1020. The van der Waals surface area contributed by atoms with Crippen LogP contribution in [0, 0.1) is 5.82 Å². The minimum Gasteiger partial charge on any atom is -0.379 e. The normalized spacial score (nSPS) is 22.3. The fourth-order valence-corrected chi connectivity index (χ4v) is 6.00. The van der Waals surface area contributed by atoms with Crippen LogP contribution < -0.4 is 10.6 Å². The van der Waals surface area contributed by atoms with Crippen molar-refractivity contribution < 1.29 is 12.8 Å². The molecule has 1 saturated carbocycles. The van der Waals surface area contributed by atoms with Gasteiger partial charge in [0.05, 0.1) is 22.2 Å². The Labute approximate surface area is 187 Å². The highest BCUT2D eigenvalue weighted by atomic mass is 35.5. The van der Waals surface area contributed by atoms with E-state index < -0.39 is 26.3 Å². The van der Waals surface area contributed by atoms with Crippen LogP contribution in [0.2, 0.25) is 5.02 Å². The van der Waals surface area contributed by atoms with Crippen molar-refractivity contribution in [2.75, 3.05) is 25.5 Å². The predicted octanol–water partition coefficient (Wildman–Crippen LogP) is 2.87. The van der Waals surface area contributed by atoms with Gasteiger partial charge in [-0.2, -0.15) is 0 Å². The first-order valence-electron chi connectivity index (χ1n) is 10.5. The number of anilines is 1. The van der Waals surface area contributed by atoms with Crippen LogP contribution in [-0.2, 0) is 15.6 Å². The van der Waals surface area contributed by atoms with Gasteiger partial charge in [0, 0.05) is 37.4 Å². The lowest BCUT2D eigenvalue weighted by atomic mass is 9.88. The Morgan fingerprint density at radius 2 is 2.06 bits per heavy atom. The zero-order chi connectivity index (χ0) is 22.0. The van der Waals surface area contributed by atoms with Crippen molar-refractivity contribution in [3.63, 3.8) is 0 Å². The van der Waals surface area contributed by atoms with Gasteiger partial charge in [-0.3, -0.25) is 4.90 Å². The molecule has 2 heterocycles. The third-order valence-corrected chi connectivity index (χ3v) is 8.24. The van der Waals surface area contributed by atoms with E-state index in [9.17, 15) is 12.8 Å². The summed E-state index contributed by atoms with van der Waals surface area (Å²) in [6.07, 6.45) is 6.99. The van der Waals surface area contributed by atoms with Crippen LogP contribution in [0.3, 0.4) is 0 Å². The smallest absolute Gasteiger partial charge is 0.187 e. The highest BCUT2D eigenvalue weighted by molar-refractivity contribution is 7.90. The molecule has 2 N–H and O–H groups in total. The van der Waals surface area contributed by atoms with Crippen LogP contribution in [0.15, 0.2) is 35.6 Å². The van der Waals surface area contributed by atoms with Gasteiger partial charge in [-0.05, 0) is 38.1 Å². The molecule has 1 aromatic carbocycles. The molecule has 0 unspecified atom stereocenters. The molecule has 0 bridgehead atoms. The lowest BCUT2D eigenvalue weighted by Gasteiger charge is -2.45. The van der Waals surface area contributed by atoms with E-state index in [2.05, 4.69) is 32.5 Å². The molecule has 4 rings (SSSR count). The molecule has 31 heavy (non-hydrogen) atoms. The molecule has 7 nitrogen and oxygen atoms in total. The van der Waals surface area contributed by atoms with Gasteiger partial charge in [0.1, 0.15) is 17.0 Å². The molecule has 168 valence electrons. The number of halogens is 2. The van der Waals surface area contributed by atoms with Crippen molar-refractivity contribution >= 4 is 27.1 Å². The maximum atomic E-state index is 14.9. The molecule has 2 aromatic rings. The molecule has 0 spiro atoms. The van der Waals surface area contributed by atoms with Crippen LogP contribution in [0.4, 0.5) is 10.1 Å². The number of aromatic nitrogens is 2. The Hall–Kier alpha value is -1.81. The number of sulfone groups is 1. The number of nitrogens with one attached hydrogen (secondary N) is 2. The maximum Gasteiger partial charge on any atom is 0.187 e. The van der Waals surface area contributed by atoms with E-state index in [0.717, 1.165) is 38.8 Å². The van der Waals surface area contributed by atoms with E-state index in [1.165, 1.54) is 30.7 Å². The van der Waals surface area contributed by atoms with Crippen molar-refractivity contribution in [3.8, 4) is 0 Å². The molecule has 2 fully saturated rings. The summed E-state index contributed by atoms with van der Waals surface area (Å²) in [5.74, 6) is -1.23. The summed E-state index contributed by atoms with van der Waals surface area (Å²) in [5.41, 5.74) is 0.725. The van der Waals surface area contributed by atoms with E-state index in [-0.39, 0.29) is 11.1 Å². The summed E-state index contributed by atoms with van der Waals surface area (Å²) in [6.45, 7) is 1.96. The number of rotatable bonds is 7. The van der Waals surface area contributed by atoms with Crippen molar-refractivity contribution in [2.45, 2.75) is 54.5 Å². The molecule has 1 saturated heterocycles. The fourth-order valence-electron chi connectivity index (χ4n) is 4.35. The highest BCUT2D eigenvalue weighted by Crippen LogP contribution is 2.33. The third-order valence-electron chi connectivity index (χ3n) is 6.27.